The van der Waals surface area contributed by atoms with E-state index in [4.69, 9.17) is 5.11 Å². The Morgan fingerprint density at radius 3 is 2.45 bits per heavy atom. The summed E-state index contributed by atoms with van der Waals surface area (Å²) >= 11 is 0. The molecule has 1 aromatic carbocycles. The SMILES string of the molecule is O=C(O)[C@H]1CCCN1C(=O)NC1Cc2ccccc2C1. The molecule has 106 valence electrons. The van der Waals surface area contributed by atoms with Crippen LogP contribution < -0.4 is 5.32 Å². The zero-order valence-electron chi connectivity index (χ0n) is 11.2. The maximum Gasteiger partial charge on any atom is 0.326 e. The van der Waals surface area contributed by atoms with Crippen LogP contribution in [0.5, 0.6) is 0 Å². The van der Waals surface area contributed by atoms with Gasteiger partial charge in [0, 0.05) is 12.6 Å². The number of hydrogen-bond acceptors (Lipinski definition) is 2. The average molecular weight is 274 g/mol. The van der Waals surface area contributed by atoms with Gasteiger partial charge in [0.1, 0.15) is 6.04 Å². The number of carboxylic acid groups (broad SMARTS) is 1. The monoisotopic (exact) mass is 274 g/mol. The van der Waals surface area contributed by atoms with Gasteiger partial charge in [0.05, 0.1) is 0 Å². The minimum atomic E-state index is -0.910. The summed E-state index contributed by atoms with van der Waals surface area (Å²) < 4.78 is 0. The number of carboxylic acids is 1. The van der Waals surface area contributed by atoms with Crippen LogP contribution in [0.15, 0.2) is 24.3 Å². The second kappa shape index (κ2) is 5.15. The molecule has 3 rings (SSSR count). The number of carbonyl (C=O) groups is 2. The number of hydrogen-bond donors (Lipinski definition) is 2. The Bertz CT molecular complexity index is 519. The molecule has 2 aliphatic rings. The second-order valence-electron chi connectivity index (χ2n) is 5.51. The van der Waals surface area contributed by atoms with E-state index in [0.717, 1.165) is 19.3 Å². The lowest BCUT2D eigenvalue weighted by molar-refractivity contribution is -0.141. The summed E-state index contributed by atoms with van der Waals surface area (Å²) in [4.78, 5) is 24.8. The molecule has 0 radical (unpaired) electrons. The van der Waals surface area contributed by atoms with Crippen LogP contribution in [0.4, 0.5) is 4.79 Å². The van der Waals surface area contributed by atoms with Crippen molar-refractivity contribution < 1.29 is 14.7 Å². The van der Waals surface area contributed by atoms with Gasteiger partial charge in [-0.3, -0.25) is 0 Å². The standard InChI is InChI=1S/C15H18N2O3/c18-14(19)13-6-3-7-17(13)15(20)16-12-8-10-4-1-2-5-11(10)9-12/h1-2,4-5,12-13H,3,6-9H2,(H,16,20)(H,18,19)/t13-/m1/s1. The van der Waals surface area contributed by atoms with Crippen molar-refractivity contribution in [2.45, 2.75) is 37.8 Å². The minimum absolute atomic E-state index is 0.0787. The van der Waals surface area contributed by atoms with Crippen molar-refractivity contribution in [1.82, 2.24) is 10.2 Å². The molecule has 1 fully saturated rings. The van der Waals surface area contributed by atoms with Gasteiger partial charge in [-0.15, -0.1) is 0 Å². The molecule has 0 saturated carbocycles. The van der Waals surface area contributed by atoms with E-state index >= 15 is 0 Å². The molecule has 0 aromatic heterocycles. The molecular weight excluding hydrogens is 256 g/mol. The van der Waals surface area contributed by atoms with Crippen molar-refractivity contribution in [1.29, 1.82) is 0 Å². The van der Waals surface area contributed by atoms with E-state index in [0.29, 0.717) is 13.0 Å². The molecule has 2 N–H and O–H groups in total. The van der Waals surface area contributed by atoms with Gasteiger partial charge in [0.25, 0.3) is 0 Å². The molecule has 1 aromatic rings. The van der Waals surface area contributed by atoms with Crippen molar-refractivity contribution >= 4 is 12.0 Å². The van der Waals surface area contributed by atoms with E-state index in [1.165, 1.54) is 16.0 Å². The predicted molar refractivity (Wildman–Crippen MR) is 73.5 cm³/mol. The van der Waals surface area contributed by atoms with Gasteiger partial charge in [-0.05, 0) is 36.8 Å². The quantitative estimate of drug-likeness (QED) is 0.856. The van der Waals surface area contributed by atoms with Crippen molar-refractivity contribution in [3.63, 3.8) is 0 Å². The summed E-state index contributed by atoms with van der Waals surface area (Å²) in [7, 11) is 0. The highest BCUT2D eigenvalue weighted by molar-refractivity contribution is 5.83. The lowest BCUT2D eigenvalue weighted by Crippen LogP contribution is -2.49. The van der Waals surface area contributed by atoms with E-state index in [2.05, 4.69) is 17.4 Å². The molecule has 1 heterocycles. The van der Waals surface area contributed by atoms with Crippen LogP contribution in [0.2, 0.25) is 0 Å². The highest BCUT2D eigenvalue weighted by Crippen LogP contribution is 2.23. The van der Waals surface area contributed by atoms with Crippen LogP contribution in [0, 0.1) is 0 Å². The van der Waals surface area contributed by atoms with E-state index in [1.807, 2.05) is 12.1 Å². The first-order chi connectivity index (χ1) is 9.65. The summed E-state index contributed by atoms with van der Waals surface area (Å²) in [5, 5.41) is 12.1. The van der Waals surface area contributed by atoms with Crippen molar-refractivity contribution in [3.05, 3.63) is 35.4 Å². The van der Waals surface area contributed by atoms with E-state index in [1.54, 1.807) is 0 Å². The fourth-order valence-electron chi connectivity index (χ4n) is 3.18. The summed E-state index contributed by atoms with van der Waals surface area (Å²) in [6.45, 7) is 0.530. The number of fused-ring (bicyclic) bond motifs is 1. The molecule has 1 atom stereocenters. The third-order valence-corrected chi connectivity index (χ3v) is 4.18. The minimum Gasteiger partial charge on any atom is -0.480 e. The number of aliphatic carboxylic acids is 1. The number of likely N-dealkylation sites (tertiary alicyclic amines) is 1. The number of rotatable bonds is 2. The van der Waals surface area contributed by atoms with Crippen LogP contribution in [-0.4, -0.2) is 40.6 Å². The zero-order chi connectivity index (χ0) is 14.1. The summed E-state index contributed by atoms with van der Waals surface area (Å²) in [6.07, 6.45) is 2.96. The van der Waals surface area contributed by atoms with Crippen molar-refractivity contribution in [3.8, 4) is 0 Å². The third-order valence-electron chi connectivity index (χ3n) is 4.18. The lowest BCUT2D eigenvalue weighted by atomic mass is 10.1. The Morgan fingerprint density at radius 2 is 1.85 bits per heavy atom. The first-order valence-corrected chi connectivity index (χ1v) is 7.02. The predicted octanol–water partition coefficient (Wildman–Crippen LogP) is 1.41. The number of benzene rings is 1. The topological polar surface area (TPSA) is 69.6 Å². The molecule has 1 saturated heterocycles. The molecule has 5 heteroatoms. The van der Waals surface area contributed by atoms with Gasteiger partial charge < -0.3 is 15.3 Å². The van der Waals surface area contributed by atoms with Crippen LogP contribution in [0.25, 0.3) is 0 Å². The number of carbonyl (C=O) groups excluding carboxylic acids is 1. The fourth-order valence-corrected chi connectivity index (χ4v) is 3.18. The molecule has 0 spiro atoms. The third kappa shape index (κ3) is 2.35. The molecule has 1 aliphatic carbocycles. The Morgan fingerprint density at radius 1 is 1.20 bits per heavy atom. The maximum absolute atomic E-state index is 12.2. The number of nitrogens with one attached hydrogen (secondary N) is 1. The van der Waals surface area contributed by atoms with Gasteiger partial charge >= 0.3 is 12.0 Å². The van der Waals surface area contributed by atoms with Gasteiger partial charge in [-0.25, -0.2) is 9.59 Å². The van der Waals surface area contributed by atoms with E-state index < -0.39 is 12.0 Å². The summed E-state index contributed by atoms with van der Waals surface area (Å²) in [5.41, 5.74) is 2.54. The van der Waals surface area contributed by atoms with E-state index in [9.17, 15) is 9.59 Å². The zero-order valence-corrected chi connectivity index (χ0v) is 11.2. The Kier molecular flexibility index (Phi) is 3.34. The largest absolute Gasteiger partial charge is 0.480 e. The molecule has 0 bridgehead atoms. The Hall–Kier alpha value is -2.04. The molecule has 5 nitrogen and oxygen atoms in total. The van der Waals surface area contributed by atoms with Gasteiger partial charge in [0.2, 0.25) is 0 Å². The number of amides is 2. The lowest BCUT2D eigenvalue weighted by Gasteiger charge is -2.24. The van der Waals surface area contributed by atoms with Crippen LogP contribution in [0.1, 0.15) is 24.0 Å². The van der Waals surface area contributed by atoms with Crippen LogP contribution >= 0.6 is 0 Å². The van der Waals surface area contributed by atoms with Gasteiger partial charge in [-0.2, -0.15) is 0 Å². The molecule has 0 unspecified atom stereocenters. The summed E-state index contributed by atoms with van der Waals surface area (Å²) in [6, 6.07) is 7.34. The maximum atomic E-state index is 12.2. The highest BCUT2D eigenvalue weighted by Gasteiger charge is 2.35. The Labute approximate surface area is 117 Å². The first kappa shape index (κ1) is 13.0. The fraction of sp³-hybridized carbons (Fsp3) is 0.467. The number of nitrogens with zero attached hydrogens (tertiary/aromatic N) is 1. The van der Waals surface area contributed by atoms with E-state index in [-0.39, 0.29) is 12.1 Å². The second-order valence-corrected chi connectivity index (χ2v) is 5.51. The highest BCUT2D eigenvalue weighted by atomic mass is 16.4. The smallest absolute Gasteiger partial charge is 0.326 e. The average Bonchev–Trinajstić information content (AvgIpc) is 3.04. The normalized spacial score (nSPS) is 21.8. The van der Waals surface area contributed by atoms with Crippen LogP contribution in [0.3, 0.4) is 0 Å². The van der Waals surface area contributed by atoms with Gasteiger partial charge in [0.15, 0.2) is 0 Å². The van der Waals surface area contributed by atoms with Crippen molar-refractivity contribution in [2.24, 2.45) is 0 Å². The van der Waals surface area contributed by atoms with Gasteiger partial charge in [-0.1, -0.05) is 24.3 Å². The molecule has 2 amide bonds. The molecule has 20 heavy (non-hydrogen) atoms. The summed E-state index contributed by atoms with van der Waals surface area (Å²) in [5.74, 6) is -0.910. The first-order valence-electron chi connectivity index (χ1n) is 7.02. The Balaban J connectivity index is 1.62. The molecule has 1 aliphatic heterocycles. The van der Waals surface area contributed by atoms with Crippen LogP contribution in [-0.2, 0) is 17.6 Å². The molecular formula is C15H18N2O3. The number of urea groups is 1. The van der Waals surface area contributed by atoms with Crippen molar-refractivity contribution in [2.75, 3.05) is 6.54 Å².